The SMILES string of the molecule is C[C@@H]1[C@@H](O)[C@H](O)[C@@H](O)CN1CCc1cccc(Cl)c1F. The van der Waals surface area contributed by atoms with Crippen molar-refractivity contribution in [2.75, 3.05) is 13.1 Å². The van der Waals surface area contributed by atoms with Gasteiger partial charge in [0.1, 0.15) is 11.9 Å². The Morgan fingerprint density at radius 2 is 2.00 bits per heavy atom. The van der Waals surface area contributed by atoms with Crippen LogP contribution in [0.25, 0.3) is 0 Å². The molecule has 0 aliphatic carbocycles. The van der Waals surface area contributed by atoms with E-state index in [-0.39, 0.29) is 17.6 Å². The van der Waals surface area contributed by atoms with Crippen molar-refractivity contribution < 1.29 is 19.7 Å². The Kier molecular flexibility index (Phi) is 4.99. The van der Waals surface area contributed by atoms with Gasteiger partial charge < -0.3 is 15.3 Å². The van der Waals surface area contributed by atoms with Crippen molar-refractivity contribution >= 4 is 11.6 Å². The summed E-state index contributed by atoms with van der Waals surface area (Å²) in [6.07, 6.45) is -2.72. The molecule has 1 aliphatic rings. The van der Waals surface area contributed by atoms with Crippen molar-refractivity contribution in [3.63, 3.8) is 0 Å². The molecule has 0 amide bonds. The molecular weight excluding hydrogens is 285 g/mol. The maximum Gasteiger partial charge on any atom is 0.145 e. The first-order chi connectivity index (χ1) is 9.41. The lowest BCUT2D eigenvalue weighted by Gasteiger charge is -2.42. The van der Waals surface area contributed by atoms with E-state index in [2.05, 4.69) is 0 Å². The number of β-amino-alcohol motifs (C(OH)–C–C–N with tert-alkyl or cyclic N) is 1. The van der Waals surface area contributed by atoms with Gasteiger partial charge in [-0.25, -0.2) is 4.39 Å². The third-order valence-corrected chi connectivity index (χ3v) is 4.23. The Labute approximate surface area is 122 Å². The molecule has 0 unspecified atom stereocenters. The van der Waals surface area contributed by atoms with Crippen LogP contribution in [0.15, 0.2) is 18.2 Å². The lowest BCUT2D eigenvalue weighted by molar-refractivity contribution is -0.132. The van der Waals surface area contributed by atoms with Gasteiger partial charge in [-0.15, -0.1) is 0 Å². The summed E-state index contributed by atoms with van der Waals surface area (Å²) in [6, 6.07) is 4.55. The Hall–Kier alpha value is -0.720. The maximum absolute atomic E-state index is 13.8. The standard InChI is InChI=1S/C14H19ClFNO3/c1-8-13(19)14(20)11(18)7-17(8)6-5-9-3-2-4-10(15)12(9)16/h2-4,8,11,13-14,18-20H,5-7H2,1H3/t8-,11+,13-,14-/m1/s1. The monoisotopic (exact) mass is 303 g/mol. The van der Waals surface area contributed by atoms with Gasteiger partial charge in [0.05, 0.1) is 17.2 Å². The number of nitrogens with zero attached hydrogens (tertiary/aromatic N) is 1. The van der Waals surface area contributed by atoms with Gasteiger partial charge in [0, 0.05) is 19.1 Å². The van der Waals surface area contributed by atoms with Gasteiger partial charge in [0.15, 0.2) is 0 Å². The highest BCUT2D eigenvalue weighted by atomic mass is 35.5. The molecule has 0 spiro atoms. The van der Waals surface area contributed by atoms with Crippen molar-refractivity contribution in [2.45, 2.75) is 37.7 Å². The van der Waals surface area contributed by atoms with Crippen LogP contribution in [-0.4, -0.2) is 57.7 Å². The van der Waals surface area contributed by atoms with E-state index in [4.69, 9.17) is 11.6 Å². The molecule has 0 aromatic heterocycles. The minimum atomic E-state index is -1.14. The highest BCUT2D eigenvalue weighted by Gasteiger charge is 2.38. The largest absolute Gasteiger partial charge is 0.389 e. The number of aliphatic hydroxyl groups is 3. The van der Waals surface area contributed by atoms with Crippen LogP contribution in [0.4, 0.5) is 4.39 Å². The Balaban J connectivity index is 2.01. The molecule has 1 aliphatic heterocycles. The van der Waals surface area contributed by atoms with Gasteiger partial charge in [0.25, 0.3) is 0 Å². The molecule has 3 N–H and O–H groups in total. The van der Waals surface area contributed by atoms with Gasteiger partial charge in [-0.2, -0.15) is 0 Å². The van der Waals surface area contributed by atoms with Crippen LogP contribution in [0.1, 0.15) is 12.5 Å². The summed E-state index contributed by atoms with van der Waals surface area (Å²) in [5, 5.41) is 29.2. The van der Waals surface area contributed by atoms with E-state index in [1.165, 1.54) is 6.07 Å². The van der Waals surface area contributed by atoms with Crippen molar-refractivity contribution in [1.29, 1.82) is 0 Å². The second kappa shape index (κ2) is 6.37. The van der Waals surface area contributed by atoms with Gasteiger partial charge >= 0.3 is 0 Å². The normalized spacial score (nSPS) is 31.5. The van der Waals surface area contributed by atoms with Gasteiger partial charge in [-0.05, 0) is 25.0 Å². The maximum atomic E-state index is 13.8. The lowest BCUT2D eigenvalue weighted by Crippen LogP contribution is -2.60. The number of benzene rings is 1. The average molecular weight is 304 g/mol. The van der Waals surface area contributed by atoms with Crippen LogP contribution in [0.5, 0.6) is 0 Å². The molecule has 1 aromatic carbocycles. The topological polar surface area (TPSA) is 63.9 Å². The first-order valence-corrected chi connectivity index (χ1v) is 7.00. The van der Waals surface area contributed by atoms with E-state index in [1.807, 2.05) is 4.90 Å². The van der Waals surface area contributed by atoms with Gasteiger partial charge in [-0.3, -0.25) is 4.90 Å². The first-order valence-electron chi connectivity index (χ1n) is 6.63. The zero-order valence-corrected chi connectivity index (χ0v) is 12.0. The van der Waals surface area contributed by atoms with E-state index in [1.54, 1.807) is 19.1 Å². The smallest absolute Gasteiger partial charge is 0.145 e. The molecule has 1 fully saturated rings. The molecule has 0 saturated carbocycles. The third kappa shape index (κ3) is 3.13. The summed E-state index contributed by atoms with van der Waals surface area (Å²) >= 11 is 5.73. The minimum absolute atomic E-state index is 0.0877. The van der Waals surface area contributed by atoms with Crippen LogP contribution in [-0.2, 0) is 6.42 Å². The summed E-state index contributed by atoms with van der Waals surface area (Å²) in [7, 11) is 0. The molecule has 1 heterocycles. The van der Waals surface area contributed by atoms with E-state index in [0.717, 1.165) is 0 Å². The molecule has 4 nitrogen and oxygen atoms in total. The fraction of sp³-hybridized carbons (Fsp3) is 0.571. The molecule has 4 atom stereocenters. The van der Waals surface area contributed by atoms with Crippen molar-refractivity contribution in [3.8, 4) is 0 Å². The predicted octanol–water partition coefficient (Wildman–Crippen LogP) is 0.808. The number of piperidine rings is 1. The van der Waals surface area contributed by atoms with Crippen LogP contribution in [0.3, 0.4) is 0 Å². The van der Waals surface area contributed by atoms with Crippen LogP contribution >= 0.6 is 11.6 Å². The molecule has 2 rings (SSSR count). The second-order valence-electron chi connectivity index (χ2n) is 5.25. The molecule has 6 heteroatoms. The predicted molar refractivity (Wildman–Crippen MR) is 74.2 cm³/mol. The van der Waals surface area contributed by atoms with E-state index < -0.39 is 24.1 Å². The summed E-state index contributed by atoms with van der Waals surface area (Å²) in [5.41, 5.74) is 0.500. The first kappa shape index (κ1) is 15.7. The molecule has 1 aromatic rings. The molecule has 0 bridgehead atoms. The van der Waals surface area contributed by atoms with E-state index >= 15 is 0 Å². The number of hydrogen-bond donors (Lipinski definition) is 3. The zero-order valence-electron chi connectivity index (χ0n) is 11.2. The number of halogens is 2. The van der Waals surface area contributed by atoms with E-state index in [0.29, 0.717) is 18.5 Å². The summed E-state index contributed by atoms with van der Waals surface area (Å²) in [4.78, 5) is 1.84. The minimum Gasteiger partial charge on any atom is -0.389 e. The van der Waals surface area contributed by atoms with Gasteiger partial charge in [0.2, 0.25) is 0 Å². The lowest BCUT2D eigenvalue weighted by atomic mass is 9.94. The number of rotatable bonds is 3. The van der Waals surface area contributed by atoms with Crippen molar-refractivity contribution in [3.05, 3.63) is 34.6 Å². The number of hydrogen-bond acceptors (Lipinski definition) is 4. The molecular formula is C14H19ClFNO3. The summed E-state index contributed by atoms with van der Waals surface area (Å²) in [6.45, 7) is 2.49. The summed E-state index contributed by atoms with van der Waals surface area (Å²) in [5.74, 6) is -0.431. The average Bonchev–Trinajstić information content (AvgIpc) is 2.43. The Morgan fingerprint density at radius 1 is 1.30 bits per heavy atom. The zero-order chi connectivity index (χ0) is 14.9. The number of aliphatic hydroxyl groups excluding tert-OH is 3. The van der Waals surface area contributed by atoms with E-state index in [9.17, 15) is 19.7 Å². The van der Waals surface area contributed by atoms with Crippen molar-refractivity contribution in [2.24, 2.45) is 0 Å². The summed E-state index contributed by atoms with van der Waals surface area (Å²) < 4.78 is 13.8. The van der Waals surface area contributed by atoms with Crippen LogP contribution in [0, 0.1) is 5.82 Å². The fourth-order valence-corrected chi connectivity index (χ4v) is 2.74. The van der Waals surface area contributed by atoms with Crippen LogP contribution < -0.4 is 0 Å². The molecule has 112 valence electrons. The molecule has 20 heavy (non-hydrogen) atoms. The molecule has 1 saturated heterocycles. The van der Waals surface area contributed by atoms with Crippen molar-refractivity contribution in [1.82, 2.24) is 4.90 Å². The van der Waals surface area contributed by atoms with Gasteiger partial charge in [-0.1, -0.05) is 23.7 Å². The Morgan fingerprint density at radius 3 is 2.70 bits per heavy atom. The fourth-order valence-electron chi connectivity index (χ4n) is 2.54. The van der Waals surface area contributed by atoms with Crippen LogP contribution in [0.2, 0.25) is 5.02 Å². The highest BCUT2D eigenvalue weighted by molar-refractivity contribution is 6.30. The Bertz CT molecular complexity index is 474. The molecule has 0 radical (unpaired) electrons. The highest BCUT2D eigenvalue weighted by Crippen LogP contribution is 2.21. The second-order valence-corrected chi connectivity index (χ2v) is 5.65. The number of likely N-dealkylation sites (tertiary alicyclic amines) is 1. The third-order valence-electron chi connectivity index (χ3n) is 3.94. The quantitative estimate of drug-likeness (QED) is 0.773.